The molecule has 8 nitrogen and oxygen atoms in total. The van der Waals surface area contributed by atoms with Crippen LogP contribution in [0, 0.1) is 11.2 Å². The number of rotatable bonds is 9. The summed E-state index contributed by atoms with van der Waals surface area (Å²) in [6, 6.07) is 4.43. The SMILES string of the molecule is COc1cc(N)c(C(=N)c2cnc(N3CC(C)(N(C)SC)C3)c(F)c2)cc1OCc1c(Cl)cncc1Cl. The molecular weight excluding hydrogens is 538 g/mol. The number of anilines is 2. The molecule has 1 aliphatic rings. The summed E-state index contributed by atoms with van der Waals surface area (Å²) in [6.45, 7) is 3.48. The number of nitrogen functional groups attached to an aromatic ring is 1. The zero-order valence-electron chi connectivity index (χ0n) is 20.8. The van der Waals surface area contributed by atoms with E-state index in [1.165, 1.54) is 31.8 Å². The van der Waals surface area contributed by atoms with Gasteiger partial charge < -0.3 is 20.1 Å². The number of halogens is 3. The Morgan fingerprint density at radius 1 is 1.22 bits per heavy atom. The predicted molar refractivity (Wildman–Crippen MR) is 148 cm³/mol. The molecule has 3 N–H and O–H groups in total. The van der Waals surface area contributed by atoms with Gasteiger partial charge in [0.1, 0.15) is 6.61 Å². The van der Waals surface area contributed by atoms with Gasteiger partial charge in [-0.2, -0.15) is 0 Å². The van der Waals surface area contributed by atoms with Crippen molar-refractivity contribution < 1.29 is 13.9 Å². The average molecular weight is 566 g/mol. The highest BCUT2D eigenvalue weighted by atomic mass is 35.5. The van der Waals surface area contributed by atoms with Crippen molar-refractivity contribution >= 4 is 52.4 Å². The highest BCUT2D eigenvalue weighted by Gasteiger charge is 2.43. The molecule has 12 heteroatoms. The molecule has 0 bridgehead atoms. The zero-order chi connectivity index (χ0) is 26.9. The smallest absolute Gasteiger partial charge is 0.166 e. The molecule has 0 aliphatic carbocycles. The summed E-state index contributed by atoms with van der Waals surface area (Å²) in [5.74, 6) is 0.456. The van der Waals surface area contributed by atoms with Crippen LogP contribution in [0.25, 0.3) is 0 Å². The fourth-order valence-electron chi connectivity index (χ4n) is 4.09. The Kier molecular flexibility index (Phi) is 8.03. The van der Waals surface area contributed by atoms with E-state index in [9.17, 15) is 0 Å². The van der Waals surface area contributed by atoms with E-state index in [2.05, 4.69) is 21.2 Å². The molecule has 0 spiro atoms. The molecule has 0 saturated carbocycles. The first-order valence-electron chi connectivity index (χ1n) is 11.2. The van der Waals surface area contributed by atoms with Gasteiger partial charge in [-0.3, -0.25) is 10.4 Å². The van der Waals surface area contributed by atoms with Crippen LogP contribution in [-0.4, -0.2) is 59.0 Å². The van der Waals surface area contributed by atoms with Crippen LogP contribution in [0.15, 0.2) is 36.8 Å². The van der Waals surface area contributed by atoms with E-state index < -0.39 is 5.82 Å². The molecule has 0 unspecified atom stereocenters. The van der Waals surface area contributed by atoms with Gasteiger partial charge in [-0.1, -0.05) is 35.1 Å². The van der Waals surface area contributed by atoms with Crippen LogP contribution < -0.4 is 20.1 Å². The Morgan fingerprint density at radius 3 is 2.49 bits per heavy atom. The number of nitrogens with two attached hydrogens (primary N) is 1. The lowest BCUT2D eigenvalue weighted by Crippen LogP contribution is -2.66. The first-order valence-corrected chi connectivity index (χ1v) is 13.2. The van der Waals surface area contributed by atoms with E-state index in [-0.39, 0.29) is 34.9 Å². The molecule has 1 fully saturated rings. The predicted octanol–water partition coefficient (Wildman–Crippen LogP) is 5.30. The quantitative estimate of drug-likeness (QED) is 0.205. The molecule has 37 heavy (non-hydrogen) atoms. The van der Waals surface area contributed by atoms with E-state index in [0.29, 0.717) is 45.8 Å². The topological polar surface area (TPSA) is 101 Å². The van der Waals surface area contributed by atoms with Gasteiger partial charge in [-0.15, -0.1) is 0 Å². The largest absolute Gasteiger partial charge is 0.493 e. The Morgan fingerprint density at radius 2 is 1.89 bits per heavy atom. The zero-order valence-corrected chi connectivity index (χ0v) is 23.1. The normalized spacial score (nSPS) is 14.4. The van der Waals surface area contributed by atoms with E-state index in [0.717, 1.165) is 0 Å². The fourth-order valence-corrected chi connectivity index (χ4v) is 5.12. The minimum absolute atomic E-state index is 0.00140. The maximum atomic E-state index is 15.1. The summed E-state index contributed by atoms with van der Waals surface area (Å²) in [6.07, 6.45) is 6.44. The second-order valence-electron chi connectivity index (χ2n) is 8.90. The Labute approximate surface area is 229 Å². The maximum absolute atomic E-state index is 15.1. The molecule has 0 radical (unpaired) electrons. The Hall–Kier alpha value is -2.79. The second kappa shape index (κ2) is 10.9. The minimum atomic E-state index is -0.498. The van der Waals surface area contributed by atoms with Gasteiger partial charge in [0.2, 0.25) is 0 Å². The van der Waals surface area contributed by atoms with E-state index in [1.807, 2.05) is 18.2 Å². The molecule has 0 atom stereocenters. The van der Waals surface area contributed by atoms with Gasteiger partial charge in [-0.05, 0) is 32.4 Å². The lowest BCUT2D eigenvalue weighted by Gasteiger charge is -2.52. The molecule has 4 rings (SSSR count). The standard InChI is InChI=1S/C25H27Cl2FN6O2S/c1-25(33(2)37-4)12-34(13-25)24-19(28)5-14(8-32-24)23(30)15-6-22(21(35-3)7-20(15)29)36-11-16-17(26)9-31-10-18(16)27/h5-10,30H,11-13,29H2,1-4H3. The molecule has 3 heterocycles. The van der Waals surface area contributed by atoms with Crippen molar-refractivity contribution in [3.8, 4) is 11.5 Å². The van der Waals surface area contributed by atoms with E-state index in [1.54, 1.807) is 24.1 Å². The van der Waals surface area contributed by atoms with Crippen LogP contribution in [-0.2, 0) is 6.61 Å². The van der Waals surface area contributed by atoms with Gasteiger partial charge >= 0.3 is 0 Å². The van der Waals surface area contributed by atoms with Crippen molar-refractivity contribution in [1.29, 1.82) is 5.41 Å². The van der Waals surface area contributed by atoms with Crippen molar-refractivity contribution in [3.05, 3.63) is 69.3 Å². The van der Waals surface area contributed by atoms with Crippen molar-refractivity contribution in [2.24, 2.45) is 0 Å². The van der Waals surface area contributed by atoms with Crippen molar-refractivity contribution in [1.82, 2.24) is 14.3 Å². The molecule has 1 saturated heterocycles. The summed E-state index contributed by atoms with van der Waals surface area (Å²) in [5.41, 5.74) is 7.62. The van der Waals surface area contributed by atoms with Gasteiger partial charge in [0.15, 0.2) is 23.1 Å². The third-order valence-corrected chi connectivity index (χ3v) is 8.08. The summed E-state index contributed by atoms with van der Waals surface area (Å²) in [7, 11) is 3.50. The summed E-state index contributed by atoms with van der Waals surface area (Å²) < 4.78 is 28.6. The van der Waals surface area contributed by atoms with Crippen molar-refractivity contribution in [3.63, 3.8) is 0 Å². The number of hydrogen-bond acceptors (Lipinski definition) is 9. The van der Waals surface area contributed by atoms with E-state index >= 15 is 4.39 Å². The molecule has 1 aromatic carbocycles. The summed E-state index contributed by atoms with van der Waals surface area (Å²) >= 11 is 14.0. The van der Waals surface area contributed by atoms with Crippen LogP contribution in [0.4, 0.5) is 15.9 Å². The van der Waals surface area contributed by atoms with Gasteiger partial charge in [0.25, 0.3) is 0 Å². The summed E-state index contributed by atoms with van der Waals surface area (Å²) in [5, 5.41) is 9.44. The first-order chi connectivity index (χ1) is 17.6. The molecular formula is C25H27Cl2FN6O2S. The van der Waals surface area contributed by atoms with Gasteiger partial charge in [0.05, 0.1) is 28.4 Å². The number of hydrogen-bond donors (Lipinski definition) is 2. The van der Waals surface area contributed by atoms with E-state index in [4.69, 9.17) is 43.8 Å². The fraction of sp³-hybridized carbons (Fsp3) is 0.320. The van der Waals surface area contributed by atoms with Crippen LogP contribution >= 0.6 is 35.1 Å². The number of methoxy groups -OCH3 is 1. The highest BCUT2D eigenvalue weighted by Crippen LogP contribution is 2.37. The van der Waals surface area contributed by atoms with Crippen LogP contribution in [0.1, 0.15) is 23.6 Å². The molecule has 3 aromatic rings. The number of pyridine rings is 2. The number of nitrogens with zero attached hydrogens (tertiary/aromatic N) is 4. The molecule has 2 aromatic heterocycles. The Bertz CT molecular complexity index is 1320. The average Bonchev–Trinajstić information content (AvgIpc) is 2.86. The monoisotopic (exact) mass is 564 g/mol. The molecule has 0 amide bonds. The Balaban J connectivity index is 1.56. The van der Waals surface area contributed by atoms with Crippen molar-refractivity contribution in [2.75, 3.05) is 44.1 Å². The number of nitrogens with one attached hydrogen (secondary N) is 1. The third-order valence-electron chi connectivity index (χ3n) is 6.44. The van der Waals surface area contributed by atoms with Crippen molar-refractivity contribution in [2.45, 2.75) is 19.1 Å². The lowest BCUT2D eigenvalue weighted by molar-refractivity contribution is 0.202. The van der Waals surface area contributed by atoms with Crippen LogP contribution in [0.3, 0.4) is 0 Å². The number of benzene rings is 1. The second-order valence-corrected chi connectivity index (χ2v) is 10.6. The minimum Gasteiger partial charge on any atom is -0.493 e. The number of likely N-dealkylation sites (N-methyl/N-ethyl adjacent to an activating group) is 1. The lowest BCUT2D eigenvalue weighted by atomic mass is 9.92. The highest BCUT2D eigenvalue weighted by molar-refractivity contribution is 7.96. The van der Waals surface area contributed by atoms with Crippen LogP contribution in [0.5, 0.6) is 11.5 Å². The van der Waals surface area contributed by atoms with Crippen LogP contribution in [0.2, 0.25) is 10.0 Å². The molecule has 196 valence electrons. The number of aromatic nitrogens is 2. The first kappa shape index (κ1) is 27.3. The van der Waals surface area contributed by atoms with Gasteiger partial charge in [-0.25, -0.2) is 13.7 Å². The molecule has 1 aliphatic heterocycles. The third kappa shape index (κ3) is 5.43. The van der Waals surface area contributed by atoms with Gasteiger partial charge in [0, 0.05) is 60.1 Å². The number of ether oxygens (including phenoxy) is 2. The summed E-state index contributed by atoms with van der Waals surface area (Å²) in [4.78, 5) is 10.2. The maximum Gasteiger partial charge on any atom is 0.166 e.